The molecule has 124 valence electrons. The number of aromatic nitrogens is 4. The average molecular weight is 337 g/mol. The standard InChI is InChI=1S/C15H20N6O.ClH/c1-3-15(8-5-9-16-15)14(22)17-12-7-4-6-11(10-12)13-18-19-20-21(13)2;/h4,6-7,10,16H,3,5,8-9H2,1-2H3,(H,17,22);1H. The van der Waals surface area contributed by atoms with Gasteiger partial charge in [0.15, 0.2) is 5.82 Å². The zero-order valence-corrected chi connectivity index (χ0v) is 14.1. The highest BCUT2D eigenvalue weighted by Crippen LogP contribution is 2.26. The van der Waals surface area contributed by atoms with Crippen LogP contribution in [0.3, 0.4) is 0 Å². The number of hydrogen-bond donors (Lipinski definition) is 2. The van der Waals surface area contributed by atoms with E-state index in [-0.39, 0.29) is 18.3 Å². The number of halogens is 1. The highest BCUT2D eigenvalue weighted by Gasteiger charge is 2.39. The Hall–Kier alpha value is -1.99. The first-order valence-electron chi connectivity index (χ1n) is 7.54. The topological polar surface area (TPSA) is 84.7 Å². The molecule has 0 aliphatic carbocycles. The summed E-state index contributed by atoms with van der Waals surface area (Å²) >= 11 is 0. The van der Waals surface area contributed by atoms with Crippen LogP contribution in [0.1, 0.15) is 26.2 Å². The molecule has 8 heteroatoms. The van der Waals surface area contributed by atoms with Crippen molar-refractivity contribution in [2.45, 2.75) is 31.7 Å². The third kappa shape index (κ3) is 3.35. The van der Waals surface area contributed by atoms with Gasteiger partial charge in [-0.15, -0.1) is 17.5 Å². The van der Waals surface area contributed by atoms with Gasteiger partial charge in [-0.25, -0.2) is 4.68 Å². The number of rotatable bonds is 4. The minimum Gasteiger partial charge on any atom is -0.324 e. The molecule has 0 spiro atoms. The largest absolute Gasteiger partial charge is 0.324 e. The van der Waals surface area contributed by atoms with Gasteiger partial charge in [0.2, 0.25) is 5.91 Å². The van der Waals surface area contributed by atoms with E-state index >= 15 is 0 Å². The van der Waals surface area contributed by atoms with E-state index in [9.17, 15) is 4.79 Å². The Balaban J connectivity index is 0.00000192. The molecule has 3 rings (SSSR count). The van der Waals surface area contributed by atoms with E-state index < -0.39 is 5.54 Å². The van der Waals surface area contributed by atoms with Gasteiger partial charge in [-0.05, 0) is 48.4 Å². The second-order valence-corrected chi connectivity index (χ2v) is 5.63. The normalized spacial score (nSPS) is 20.1. The van der Waals surface area contributed by atoms with Crippen molar-refractivity contribution in [3.8, 4) is 11.4 Å². The van der Waals surface area contributed by atoms with Crippen LogP contribution in [-0.2, 0) is 11.8 Å². The van der Waals surface area contributed by atoms with Crippen molar-refractivity contribution in [1.82, 2.24) is 25.5 Å². The molecular formula is C15H21ClN6O. The van der Waals surface area contributed by atoms with Crippen molar-refractivity contribution in [2.24, 2.45) is 7.05 Å². The lowest BCUT2D eigenvalue weighted by atomic mass is 9.93. The molecule has 1 unspecified atom stereocenters. The lowest BCUT2D eigenvalue weighted by molar-refractivity contribution is -0.122. The van der Waals surface area contributed by atoms with Crippen molar-refractivity contribution < 1.29 is 4.79 Å². The second-order valence-electron chi connectivity index (χ2n) is 5.63. The van der Waals surface area contributed by atoms with Gasteiger partial charge in [-0.1, -0.05) is 19.1 Å². The zero-order chi connectivity index (χ0) is 15.6. The lowest BCUT2D eigenvalue weighted by Crippen LogP contribution is -2.50. The molecule has 0 radical (unpaired) electrons. The van der Waals surface area contributed by atoms with E-state index in [1.54, 1.807) is 11.7 Å². The summed E-state index contributed by atoms with van der Waals surface area (Å²) < 4.78 is 1.60. The molecule has 1 atom stereocenters. The van der Waals surface area contributed by atoms with Gasteiger partial charge in [0, 0.05) is 18.3 Å². The van der Waals surface area contributed by atoms with Crippen molar-refractivity contribution in [3.05, 3.63) is 24.3 Å². The number of amides is 1. The fourth-order valence-corrected chi connectivity index (χ4v) is 2.92. The molecule has 1 saturated heterocycles. The number of nitrogens with zero attached hydrogens (tertiary/aromatic N) is 4. The Morgan fingerprint density at radius 3 is 2.91 bits per heavy atom. The first-order valence-corrected chi connectivity index (χ1v) is 7.54. The van der Waals surface area contributed by atoms with E-state index in [1.165, 1.54) is 0 Å². The van der Waals surface area contributed by atoms with Gasteiger partial charge >= 0.3 is 0 Å². The molecule has 7 nitrogen and oxygen atoms in total. The Kier molecular flexibility index (Phi) is 5.33. The molecule has 1 aliphatic heterocycles. The number of nitrogens with one attached hydrogen (secondary N) is 2. The van der Waals surface area contributed by atoms with E-state index in [0.29, 0.717) is 5.82 Å². The van der Waals surface area contributed by atoms with Crippen LogP contribution in [0.2, 0.25) is 0 Å². The number of anilines is 1. The summed E-state index contributed by atoms with van der Waals surface area (Å²) in [7, 11) is 1.79. The maximum absolute atomic E-state index is 12.6. The predicted octanol–water partition coefficient (Wildman–Crippen LogP) is 1.77. The molecule has 1 aromatic carbocycles. The summed E-state index contributed by atoms with van der Waals surface area (Å²) in [4.78, 5) is 12.6. The number of carbonyl (C=O) groups excluding carboxylic acids is 1. The third-order valence-corrected chi connectivity index (χ3v) is 4.28. The highest BCUT2D eigenvalue weighted by molar-refractivity contribution is 5.98. The molecule has 2 N–H and O–H groups in total. The SMILES string of the molecule is CCC1(C(=O)Nc2cccc(-c3nnnn3C)c2)CCCN1.Cl. The molecule has 0 bridgehead atoms. The summed E-state index contributed by atoms with van der Waals surface area (Å²) in [6.45, 7) is 2.94. The Morgan fingerprint density at radius 1 is 1.48 bits per heavy atom. The second kappa shape index (κ2) is 7.06. The van der Waals surface area contributed by atoms with Crippen molar-refractivity contribution in [3.63, 3.8) is 0 Å². The molecule has 1 aliphatic rings. The molecule has 23 heavy (non-hydrogen) atoms. The van der Waals surface area contributed by atoms with Gasteiger partial charge < -0.3 is 10.6 Å². The molecule has 2 aromatic rings. The fraction of sp³-hybridized carbons (Fsp3) is 0.467. The number of aryl methyl sites for hydroxylation is 1. The summed E-state index contributed by atoms with van der Waals surface area (Å²) in [6.07, 6.45) is 2.69. The van der Waals surface area contributed by atoms with Crippen molar-refractivity contribution in [1.29, 1.82) is 0 Å². The minimum absolute atomic E-state index is 0. The molecule has 1 amide bonds. The summed E-state index contributed by atoms with van der Waals surface area (Å²) in [5, 5.41) is 17.8. The van der Waals surface area contributed by atoms with Crippen LogP contribution in [0.5, 0.6) is 0 Å². The van der Waals surface area contributed by atoms with Gasteiger partial charge in [0.05, 0.1) is 5.54 Å². The fourth-order valence-electron chi connectivity index (χ4n) is 2.92. The van der Waals surface area contributed by atoms with Gasteiger partial charge in [0.1, 0.15) is 0 Å². The van der Waals surface area contributed by atoms with Crippen LogP contribution >= 0.6 is 12.4 Å². The first-order chi connectivity index (χ1) is 10.6. The van der Waals surface area contributed by atoms with Crippen LogP contribution in [0, 0.1) is 0 Å². The smallest absolute Gasteiger partial charge is 0.244 e. The average Bonchev–Trinajstić information content (AvgIpc) is 3.17. The van der Waals surface area contributed by atoms with Gasteiger partial charge in [-0.2, -0.15) is 0 Å². The molecule has 2 heterocycles. The van der Waals surface area contributed by atoms with Crippen LogP contribution in [-0.4, -0.2) is 38.2 Å². The summed E-state index contributed by atoms with van der Waals surface area (Å²) in [6, 6.07) is 7.58. The van der Waals surface area contributed by atoms with Crippen LogP contribution in [0.4, 0.5) is 5.69 Å². The minimum atomic E-state index is -0.442. The van der Waals surface area contributed by atoms with Gasteiger partial charge in [0.25, 0.3) is 0 Å². The maximum Gasteiger partial charge on any atom is 0.244 e. The van der Waals surface area contributed by atoms with E-state index in [4.69, 9.17) is 0 Å². The maximum atomic E-state index is 12.6. The van der Waals surface area contributed by atoms with E-state index in [2.05, 4.69) is 26.2 Å². The van der Waals surface area contributed by atoms with Crippen LogP contribution < -0.4 is 10.6 Å². The highest BCUT2D eigenvalue weighted by atomic mass is 35.5. The molecule has 1 fully saturated rings. The molecule has 0 saturated carbocycles. The predicted molar refractivity (Wildman–Crippen MR) is 90.4 cm³/mol. The Labute approximate surface area is 141 Å². The quantitative estimate of drug-likeness (QED) is 0.888. The number of hydrogen-bond acceptors (Lipinski definition) is 5. The molecular weight excluding hydrogens is 316 g/mol. The number of benzene rings is 1. The lowest BCUT2D eigenvalue weighted by Gasteiger charge is -2.26. The van der Waals surface area contributed by atoms with Crippen LogP contribution in [0.15, 0.2) is 24.3 Å². The monoisotopic (exact) mass is 336 g/mol. The Bertz CT molecular complexity index is 680. The van der Waals surface area contributed by atoms with E-state index in [0.717, 1.165) is 37.1 Å². The van der Waals surface area contributed by atoms with Crippen molar-refractivity contribution >= 4 is 24.0 Å². The van der Waals surface area contributed by atoms with Gasteiger partial charge in [-0.3, -0.25) is 4.79 Å². The summed E-state index contributed by atoms with van der Waals surface area (Å²) in [5.74, 6) is 0.695. The van der Waals surface area contributed by atoms with Crippen molar-refractivity contribution in [2.75, 3.05) is 11.9 Å². The summed E-state index contributed by atoms with van der Waals surface area (Å²) in [5.41, 5.74) is 1.18. The van der Waals surface area contributed by atoms with E-state index in [1.807, 2.05) is 31.2 Å². The molecule has 1 aromatic heterocycles. The van der Waals surface area contributed by atoms with Crippen LogP contribution in [0.25, 0.3) is 11.4 Å². The first kappa shape index (κ1) is 17.4. The zero-order valence-electron chi connectivity index (χ0n) is 13.2. The number of carbonyl (C=O) groups is 1. The third-order valence-electron chi connectivity index (χ3n) is 4.28. The number of tetrazole rings is 1. The Morgan fingerprint density at radius 2 is 2.30 bits per heavy atom.